The standard InChI is InChI=1S/C20H25IO2/c21-18-15-19-16-11-7-8-12-17(16)20(18)23-14-10-6-4-2-1-3-5-9-13-22-19/h7-8,11-12,15H,1-6,9-10,13-14H2. The molecule has 0 fully saturated rings. The molecule has 0 saturated carbocycles. The summed E-state index contributed by atoms with van der Waals surface area (Å²) in [4.78, 5) is 0. The first kappa shape index (κ1) is 16.9. The van der Waals surface area contributed by atoms with Gasteiger partial charge in [-0.15, -0.1) is 0 Å². The van der Waals surface area contributed by atoms with E-state index in [0.29, 0.717) is 0 Å². The van der Waals surface area contributed by atoms with Crippen molar-refractivity contribution in [2.24, 2.45) is 0 Å². The molecule has 0 unspecified atom stereocenters. The second-order valence-electron chi connectivity index (χ2n) is 6.26. The molecule has 0 amide bonds. The Morgan fingerprint density at radius 2 is 1.26 bits per heavy atom. The quantitative estimate of drug-likeness (QED) is 0.460. The van der Waals surface area contributed by atoms with Gasteiger partial charge >= 0.3 is 0 Å². The van der Waals surface area contributed by atoms with E-state index >= 15 is 0 Å². The molecule has 2 nitrogen and oxygen atoms in total. The maximum atomic E-state index is 6.14. The van der Waals surface area contributed by atoms with Crippen LogP contribution in [0.25, 0.3) is 10.8 Å². The van der Waals surface area contributed by atoms with Gasteiger partial charge in [0.2, 0.25) is 0 Å². The summed E-state index contributed by atoms with van der Waals surface area (Å²) in [6.07, 6.45) is 10.2. The van der Waals surface area contributed by atoms with Gasteiger partial charge in [-0.1, -0.05) is 62.8 Å². The number of benzene rings is 2. The zero-order chi connectivity index (χ0) is 15.9. The molecule has 0 aliphatic carbocycles. The van der Waals surface area contributed by atoms with Crippen molar-refractivity contribution in [3.05, 3.63) is 33.9 Å². The maximum Gasteiger partial charge on any atom is 0.140 e. The zero-order valence-electron chi connectivity index (χ0n) is 13.7. The van der Waals surface area contributed by atoms with E-state index < -0.39 is 0 Å². The Kier molecular flexibility index (Phi) is 6.43. The predicted molar refractivity (Wildman–Crippen MR) is 105 cm³/mol. The maximum absolute atomic E-state index is 6.14. The molecule has 1 aliphatic heterocycles. The SMILES string of the molecule is Ic1cc2c3ccccc3c1OCCCCCCCCCCO2. The Hall–Kier alpha value is -0.970. The van der Waals surface area contributed by atoms with E-state index in [1.54, 1.807) is 0 Å². The van der Waals surface area contributed by atoms with E-state index in [0.717, 1.165) is 46.5 Å². The molecule has 2 aromatic rings. The molecule has 3 rings (SSSR count). The molecule has 3 heteroatoms. The molecule has 0 spiro atoms. The zero-order valence-corrected chi connectivity index (χ0v) is 15.8. The molecule has 124 valence electrons. The van der Waals surface area contributed by atoms with Crippen LogP contribution in [0.5, 0.6) is 11.5 Å². The van der Waals surface area contributed by atoms with E-state index in [9.17, 15) is 0 Å². The van der Waals surface area contributed by atoms with Crippen LogP contribution < -0.4 is 9.47 Å². The second-order valence-corrected chi connectivity index (χ2v) is 7.42. The fourth-order valence-electron chi connectivity index (χ4n) is 3.17. The van der Waals surface area contributed by atoms with Crippen LogP contribution >= 0.6 is 22.6 Å². The lowest BCUT2D eigenvalue weighted by atomic mass is 10.1. The van der Waals surface area contributed by atoms with Crippen LogP contribution in [-0.2, 0) is 0 Å². The molecule has 23 heavy (non-hydrogen) atoms. The third-order valence-corrected chi connectivity index (χ3v) is 5.26. The Labute approximate surface area is 152 Å². The van der Waals surface area contributed by atoms with Gasteiger partial charge in [0, 0.05) is 10.8 Å². The Morgan fingerprint density at radius 1 is 0.696 bits per heavy atom. The average Bonchev–Trinajstić information content (AvgIpc) is 2.56. The number of hydrogen-bond donors (Lipinski definition) is 0. The van der Waals surface area contributed by atoms with Crippen molar-refractivity contribution in [3.63, 3.8) is 0 Å². The van der Waals surface area contributed by atoms with Crippen LogP contribution in [0, 0.1) is 3.57 Å². The largest absolute Gasteiger partial charge is 0.493 e. The molecule has 0 radical (unpaired) electrons. The minimum Gasteiger partial charge on any atom is -0.493 e. The van der Waals surface area contributed by atoms with Gasteiger partial charge in [0.1, 0.15) is 11.5 Å². The lowest BCUT2D eigenvalue weighted by molar-refractivity contribution is 0.296. The number of rotatable bonds is 0. The molecule has 1 aliphatic rings. The van der Waals surface area contributed by atoms with Gasteiger partial charge in [0.25, 0.3) is 0 Å². The summed E-state index contributed by atoms with van der Waals surface area (Å²) in [7, 11) is 0. The summed E-state index contributed by atoms with van der Waals surface area (Å²) in [6.45, 7) is 1.61. The molecule has 0 N–H and O–H groups in total. The van der Waals surface area contributed by atoms with Crippen molar-refractivity contribution in [1.82, 2.24) is 0 Å². The Morgan fingerprint density at radius 3 is 1.96 bits per heavy atom. The highest BCUT2D eigenvalue weighted by Gasteiger charge is 2.13. The smallest absolute Gasteiger partial charge is 0.140 e. The highest BCUT2D eigenvalue weighted by molar-refractivity contribution is 14.1. The first-order valence-electron chi connectivity index (χ1n) is 8.83. The lowest BCUT2D eigenvalue weighted by Crippen LogP contribution is -2.03. The van der Waals surface area contributed by atoms with Gasteiger partial charge < -0.3 is 9.47 Å². The molecule has 2 aromatic carbocycles. The van der Waals surface area contributed by atoms with Crippen LogP contribution in [0.2, 0.25) is 0 Å². The summed E-state index contributed by atoms with van der Waals surface area (Å²) in [5.41, 5.74) is 0. The van der Waals surface area contributed by atoms with Gasteiger partial charge in [-0.3, -0.25) is 0 Å². The van der Waals surface area contributed by atoms with Crippen LogP contribution in [0.15, 0.2) is 30.3 Å². The molecular weight excluding hydrogens is 399 g/mol. The highest BCUT2D eigenvalue weighted by Crippen LogP contribution is 2.37. The third kappa shape index (κ3) is 4.52. The Balaban J connectivity index is 1.88. The number of ether oxygens (including phenoxy) is 2. The molecule has 1 heterocycles. The van der Waals surface area contributed by atoms with Gasteiger partial charge in [0.15, 0.2) is 0 Å². The molecule has 2 bridgehead atoms. The average molecular weight is 424 g/mol. The van der Waals surface area contributed by atoms with Crippen LogP contribution in [0.3, 0.4) is 0 Å². The highest BCUT2D eigenvalue weighted by atomic mass is 127. The van der Waals surface area contributed by atoms with Crippen LogP contribution in [-0.4, -0.2) is 13.2 Å². The normalized spacial score (nSPS) is 17.6. The van der Waals surface area contributed by atoms with E-state index in [1.165, 1.54) is 43.9 Å². The van der Waals surface area contributed by atoms with Gasteiger partial charge in [-0.05, 0) is 41.5 Å². The van der Waals surface area contributed by atoms with E-state index in [4.69, 9.17) is 9.47 Å². The topological polar surface area (TPSA) is 18.5 Å². The van der Waals surface area contributed by atoms with Crippen molar-refractivity contribution < 1.29 is 9.47 Å². The predicted octanol–water partition coefficient (Wildman–Crippen LogP) is 6.34. The lowest BCUT2D eigenvalue weighted by Gasteiger charge is -2.16. The van der Waals surface area contributed by atoms with Crippen molar-refractivity contribution >= 4 is 33.4 Å². The van der Waals surface area contributed by atoms with Crippen LogP contribution in [0.1, 0.15) is 51.4 Å². The number of halogens is 1. The van der Waals surface area contributed by atoms with Crippen molar-refractivity contribution in [3.8, 4) is 11.5 Å². The second kappa shape index (κ2) is 8.76. The summed E-state index contributed by atoms with van der Waals surface area (Å²) in [5, 5.41) is 2.33. The van der Waals surface area contributed by atoms with E-state index in [2.05, 4.69) is 52.9 Å². The third-order valence-electron chi connectivity index (χ3n) is 4.45. The van der Waals surface area contributed by atoms with Gasteiger partial charge in [0.05, 0.1) is 16.8 Å². The van der Waals surface area contributed by atoms with Crippen molar-refractivity contribution in [2.75, 3.05) is 13.2 Å². The molecule has 0 saturated heterocycles. The molecular formula is C20H25IO2. The van der Waals surface area contributed by atoms with Crippen molar-refractivity contribution in [2.45, 2.75) is 51.4 Å². The summed E-state index contributed by atoms with van der Waals surface area (Å²) in [6, 6.07) is 10.6. The minimum atomic E-state index is 0.806. The summed E-state index contributed by atoms with van der Waals surface area (Å²) >= 11 is 2.37. The number of hydrogen-bond acceptors (Lipinski definition) is 2. The van der Waals surface area contributed by atoms with Crippen molar-refractivity contribution in [1.29, 1.82) is 0 Å². The summed E-state index contributed by atoms with van der Waals surface area (Å²) in [5.74, 6) is 2.00. The first-order chi connectivity index (χ1) is 11.4. The van der Waals surface area contributed by atoms with E-state index in [-0.39, 0.29) is 0 Å². The molecule has 0 aromatic heterocycles. The fourth-order valence-corrected chi connectivity index (χ4v) is 3.90. The fraction of sp³-hybridized carbons (Fsp3) is 0.500. The first-order valence-corrected chi connectivity index (χ1v) is 9.91. The van der Waals surface area contributed by atoms with Gasteiger partial charge in [-0.2, -0.15) is 0 Å². The Bertz CT molecular complexity index is 639. The van der Waals surface area contributed by atoms with Crippen LogP contribution in [0.4, 0.5) is 0 Å². The summed E-state index contributed by atoms with van der Waals surface area (Å²) < 4.78 is 13.4. The monoisotopic (exact) mass is 424 g/mol. The molecule has 0 atom stereocenters. The minimum absolute atomic E-state index is 0.806. The van der Waals surface area contributed by atoms with Gasteiger partial charge in [-0.25, -0.2) is 0 Å². The van der Waals surface area contributed by atoms with E-state index in [1.807, 2.05) is 0 Å².